The molecule has 0 amide bonds. The Morgan fingerprint density at radius 3 is 2.83 bits per heavy atom. The van der Waals surface area contributed by atoms with E-state index >= 15 is 0 Å². The number of benzene rings is 1. The Morgan fingerprint density at radius 2 is 2.17 bits per heavy atom. The third kappa shape index (κ3) is 2.99. The Labute approximate surface area is 106 Å². The Morgan fingerprint density at radius 1 is 1.28 bits per heavy atom. The number of methoxy groups -OCH3 is 1. The minimum Gasteiger partial charge on any atom is -0.496 e. The summed E-state index contributed by atoms with van der Waals surface area (Å²) in [6.45, 7) is 0.937. The molecular weight excluding hydrogens is 228 g/mol. The van der Waals surface area contributed by atoms with Crippen LogP contribution in [-0.2, 0) is 13.2 Å². The first-order valence-corrected chi connectivity index (χ1v) is 5.72. The van der Waals surface area contributed by atoms with Crippen LogP contribution < -0.4 is 15.2 Å². The number of nitrogens with two attached hydrogens (primary N) is 1. The van der Waals surface area contributed by atoms with Gasteiger partial charge in [-0.3, -0.25) is 4.98 Å². The zero-order valence-corrected chi connectivity index (χ0v) is 10.3. The molecule has 0 aliphatic carbocycles. The number of nitrogens with zero attached hydrogens (tertiary/aromatic N) is 1. The van der Waals surface area contributed by atoms with Gasteiger partial charge in [-0.2, -0.15) is 0 Å². The highest BCUT2D eigenvalue weighted by atomic mass is 16.5. The van der Waals surface area contributed by atoms with E-state index in [2.05, 4.69) is 4.98 Å². The lowest BCUT2D eigenvalue weighted by atomic mass is 10.1. The van der Waals surface area contributed by atoms with Crippen LogP contribution in [0.5, 0.6) is 11.5 Å². The van der Waals surface area contributed by atoms with E-state index in [1.54, 1.807) is 19.5 Å². The van der Waals surface area contributed by atoms with Gasteiger partial charge in [0.1, 0.15) is 18.1 Å². The monoisotopic (exact) mass is 244 g/mol. The zero-order chi connectivity index (χ0) is 12.8. The lowest BCUT2D eigenvalue weighted by Crippen LogP contribution is -2.02. The molecule has 4 nitrogen and oxygen atoms in total. The van der Waals surface area contributed by atoms with Gasteiger partial charge in [0.15, 0.2) is 0 Å². The van der Waals surface area contributed by atoms with Gasteiger partial charge in [-0.15, -0.1) is 0 Å². The summed E-state index contributed by atoms with van der Waals surface area (Å²) in [6.07, 6.45) is 3.39. The van der Waals surface area contributed by atoms with Crippen molar-refractivity contribution in [1.29, 1.82) is 0 Å². The average molecular weight is 244 g/mol. The molecule has 0 bridgehead atoms. The quantitative estimate of drug-likeness (QED) is 0.875. The van der Waals surface area contributed by atoms with Crippen molar-refractivity contribution in [1.82, 2.24) is 4.98 Å². The van der Waals surface area contributed by atoms with Crippen LogP contribution in [-0.4, -0.2) is 12.1 Å². The number of rotatable bonds is 5. The fourth-order valence-electron chi connectivity index (χ4n) is 1.67. The van der Waals surface area contributed by atoms with Crippen molar-refractivity contribution in [2.45, 2.75) is 13.2 Å². The standard InChI is InChI=1S/C14H16N2O2/c1-17-14-5-4-11(8-15)7-12(14)10-18-13-3-2-6-16-9-13/h2-7,9H,8,10,15H2,1H3. The highest BCUT2D eigenvalue weighted by molar-refractivity contribution is 5.37. The highest BCUT2D eigenvalue weighted by Gasteiger charge is 2.05. The molecule has 0 unspecified atom stereocenters. The van der Waals surface area contributed by atoms with E-state index in [4.69, 9.17) is 15.2 Å². The summed E-state index contributed by atoms with van der Waals surface area (Å²) in [5.41, 5.74) is 7.66. The first-order chi connectivity index (χ1) is 8.83. The highest BCUT2D eigenvalue weighted by Crippen LogP contribution is 2.21. The summed E-state index contributed by atoms with van der Waals surface area (Å²) in [5.74, 6) is 1.54. The van der Waals surface area contributed by atoms with Crippen molar-refractivity contribution in [3.63, 3.8) is 0 Å². The van der Waals surface area contributed by atoms with Gasteiger partial charge in [-0.25, -0.2) is 0 Å². The molecule has 18 heavy (non-hydrogen) atoms. The maximum Gasteiger partial charge on any atom is 0.138 e. The van der Waals surface area contributed by atoms with Crippen LogP contribution in [0.3, 0.4) is 0 Å². The maximum atomic E-state index is 5.65. The summed E-state index contributed by atoms with van der Waals surface area (Å²) in [4.78, 5) is 4.00. The average Bonchev–Trinajstić information content (AvgIpc) is 2.45. The molecule has 0 saturated carbocycles. The summed E-state index contributed by atoms with van der Waals surface area (Å²) >= 11 is 0. The van der Waals surface area contributed by atoms with E-state index in [0.29, 0.717) is 13.2 Å². The molecule has 4 heteroatoms. The summed E-state index contributed by atoms with van der Waals surface area (Å²) in [5, 5.41) is 0. The first kappa shape index (κ1) is 12.4. The maximum absolute atomic E-state index is 5.65. The topological polar surface area (TPSA) is 57.4 Å². The van der Waals surface area contributed by atoms with Gasteiger partial charge in [-0.05, 0) is 29.8 Å². The van der Waals surface area contributed by atoms with Crippen molar-refractivity contribution in [2.75, 3.05) is 7.11 Å². The largest absolute Gasteiger partial charge is 0.496 e. The van der Waals surface area contributed by atoms with Crippen LogP contribution in [0, 0.1) is 0 Å². The minimum absolute atomic E-state index is 0.433. The predicted molar refractivity (Wildman–Crippen MR) is 69.5 cm³/mol. The van der Waals surface area contributed by atoms with Crippen LogP contribution in [0.15, 0.2) is 42.7 Å². The van der Waals surface area contributed by atoms with Crippen LogP contribution in [0.2, 0.25) is 0 Å². The number of aromatic nitrogens is 1. The van der Waals surface area contributed by atoms with Gasteiger partial charge in [0.25, 0.3) is 0 Å². The Hall–Kier alpha value is -2.07. The molecule has 2 N–H and O–H groups in total. The van der Waals surface area contributed by atoms with Crippen molar-refractivity contribution >= 4 is 0 Å². The molecular formula is C14H16N2O2. The second-order valence-corrected chi connectivity index (χ2v) is 3.83. The van der Waals surface area contributed by atoms with E-state index in [1.807, 2.05) is 30.3 Å². The van der Waals surface area contributed by atoms with Gasteiger partial charge in [0.2, 0.25) is 0 Å². The fraction of sp³-hybridized carbons (Fsp3) is 0.214. The molecule has 0 aliphatic rings. The van der Waals surface area contributed by atoms with Gasteiger partial charge >= 0.3 is 0 Å². The van der Waals surface area contributed by atoms with Gasteiger partial charge < -0.3 is 15.2 Å². The molecule has 2 aromatic rings. The molecule has 0 radical (unpaired) electrons. The van der Waals surface area contributed by atoms with Crippen LogP contribution in [0.4, 0.5) is 0 Å². The molecule has 0 aliphatic heterocycles. The van der Waals surface area contributed by atoms with Gasteiger partial charge in [-0.1, -0.05) is 6.07 Å². The van der Waals surface area contributed by atoms with Crippen LogP contribution in [0.25, 0.3) is 0 Å². The van der Waals surface area contributed by atoms with Crippen molar-refractivity contribution in [3.8, 4) is 11.5 Å². The second kappa shape index (κ2) is 6.02. The molecule has 0 saturated heterocycles. The van der Waals surface area contributed by atoms with E-state index in [0.717, 1.165) is 22.6 Å². The van der Waals surface area contributed by atoms with Crippen molar-refractivity contribution in [3.05, 3.63) is 53.9 Å². The Bertz CT molecular complexity index is 500. The van der Waals surface area contributed by atoms with Crippen molar-refractivity contribution < 1.29 is 9.47 Å². The fourth-order valence-corrected chi connectivity index (χ4v) is 1.67. The third-order valence-electron chi connectivity index (χ3n) is 2.61. The molecule has 94 valence electrons. The number of ether oxygens (including phenoxy) is 2. The summed E-state index contributed by atoms with van der Waals surface area (Å²) in [7, 11) is 1.64. The van der Waals surface area contributed by atoms with E-state index in [-0.39, 0.29) is 0 Å². The zero-order valence-electron chi connectivity index (χ0n) is 10.3. The minimum atomic E-state index is 0.433. The number of pyridine rings is 1. The van der Waals surface area contributed by atoms with Crippen LogP contribution >= 0.6 is 0 Å². The smallest absolute Gasteiger partial charge is 0.138 e. The van der Waals surface area contributed by atoms with E-state index in [1.165, 1.54) is 0 Å². The summed E-state index contributed by atoms with van der Waals surface area (Å²) in [6, 6.07) is 9.56. The van der Waals surface area contributed by atoms with Crippen molar-refractivity contribution in [2.24, 2.45) is 5.73 Å². The number of hydrogen-bond acceptors (Lipinski definition) is 4. The molecule has 0 fully saturated rings. The lowest BCUT2D eigenvalue weighted by Gasteiger charge is -2.11. The van der Waals surface area contributed by atoms with E-state index < -0.39 is 0 Å². The SMILES string of the molecule is COc1ccc(CN)cc1COc1cccnc1. The second-order valence-electron chi connectivity index (χ2n) is 3.83. The first-order valence-electron chi connectivity index (χ1n) is 5.72. The normalized spacial score (nSPS) is 10.1. The molecule has 0 atom stereocenters. The Kier molecular flexibility index (Phi) is 4.15. The molecule has 1 heterocycles. The van der Waals surface area contributed by atoms with Gasteiger partial charge in [0, 0.05) is 18.3 Å². The third-order valence-corrected chi connectivity index (χ3v) is 2.61. The Balaban J connectivity index is 2.12. The summed E-state index contributed by atoms with van der Waals surface area (Å²) < 4.78 is 10.9. The molecule has 2 rings (SSSR count). The van der Waals surface area contributed by atoms with Gasteiger partial charge in [0.05, 0.1) is 13.3 Å². The molecule has 1 aromatic heterocycles. The number of hydrogen-bond donors (Lipinski definition) is 1. The van der Waals surface area contributed by atoms with E-state index in [9.17, 15) is 0 Å². The molecule has 1 aromatic carbocycles. The van der Waals surface area contributed by atoms with Crippen LogP contribution in [0.1, 0.15) is 11.1 Å². The molecule has 0 spiro atoms. The lowest BCUT2D eigenvalue weighted by molar-refractivity contribution is 0.295. The predicted octanol–water partition coefficient (Wildman–Crippen LogP) is 2.13.